The maximum atomic E-state index is 10.5. The Labute approximate surface area is 167 Å². The van der Waals surface area contributed by atoms with Crippen LogP contribution >= 0.6 is 0 Å². The van der Waals surface area contributed by atoms with E-state index in [9.17, 15) is 5.11 Å². The number of nitrogens with zero attached hydrogens (tertiary/aromatic N) is 1. The Hall–Kier alpha value is -1.43. The molecule has 5 unspecified atom stereocenters. The van der Waals surface area contributed by atoms with Crippen LogP contribution in [0.5, 0.6) is 0 Å². The maximum Gasteiger partial charge on any atom is 0.127 e. The third-order valence-electron chi connectivity index (χ3n) is 7.10. The van der Waals surface area contributed by atoms with E-state index < -0.39 is 0 Å². The van der Waals surface area contributed by atoms with Crippen molar-refractivity contribution in [1.82, 2.24) is 5.32 Å². The van der Waals surface area contributed by atoms with Crippen molar-refractivity contribution in [2.75, 3.05) is 7.11 Å². The SMILES string of the molecule is COC1CC(C2=CCC3OC4=C(CCCC4)C3=C2)=NC(C2CCCCC2O)N1. The zero-order valence-electron chi connectivity index (χ0n) is 16.8. The number of nitrogens with one attached hydrogen (secondary N) is 1. The number of rotatable bonds is 3. The Balaban J connectivity index is 1.42. The van der Waals surface area contributed by atoms with Gasteiger partial charge in [-0.05, 0) is 54.9 Å². The van der Waals surface area contributed by atoms with Crippen molar-refractivity contribution in [3.63, 3.8) is 0 Å². The van der Waals surface area contributed by atoms with Gasteiger partial charge in [-0.2, -0.15) is 0 Å². The second-order valence-corrected chi connectivity index (χ2v) is 8.84. The molecular weight excluding hydrogens is 352 g/mol. The number of aliphatic imine (C=N–C) groups is 1. The van der Waals surface area contributed by atoms with Crippen LogP contribution in [0.1, 0.15) is 64.2 Å². The Morgan fingerprint density at radius 3 is 2.89 bits per heavy atom. The van der Waals surface area contributed by atoms with Gasteiger partial charge in [0.1, 0.15) is 24.3 Å². The molecule has 0 saturated heterocycles. The number of fused-ring (bicyclic) bond motifs is 2. The molecular formula is C23H32N2O3. The highest BCUT2D eigenvalue weighted by atomic mass is 16.5. The lowest BCUT2D eigenvalue weighted by molar-refractivity contribution is 0.0120. The van der Waals surface area contributed by atoms with E-state index in [4.69, 9.17) is 14.5 Å². The summed E-state index contributed by atoms with van der Waals surface area (Å²) in [5.41, 5.74) is 5.19. The molecule has 2 aliphatic heterocycles. The number of hydrogen-bond acceptors (Lipinski definition) is 5. The highest BCUT2D eigenvalue weighted by Crippen LogP contribution is 2.43. The highest BCUT2D eigenvalue weighted by molar-refractivity contribution is 6.03. The van der Waals surface area contributed by atoms with E-state index in [1.165, 1.54) is 41.7 Å². The van der Waals surface area contributed by atoms with E-state index in [-0.39, 0.29) is 30.5 Å². The largest absolute Gasteiger partial charge is 0.489 e. The Bertz CT molecular complexity index is 751. The van der Waals surface area contributed by atoms with E-state index in [1.54, 1.807) is 7.11 Å². The Kier molecular flexibility index (Phi) is 5.16. The highest BCUT2D eigenvalue weighted by Gasteiger charge is 2.37. The molecule has 0 aromatic heterocycles. The van der Waals surface area contributed by atoms with Crippen LogP contribution < -0.4 is 5.32 Å². The molecule has 0 radical (unpaired) electrons. The number of aliphatic hydroxyl groups excluding tert-OH is 1. The predicted molar refractivity (Wildman–Crippen MR) is 109 cm³/mol. The summed E-state index contributed by atoms with van der Waals surface area (Å²) < 4.78 is 11.9. The van der Waals surface area contributed by atoms with Crippen LogP contribution in [0, 0.1) is 5.92 Å². The average Bonchev–Trinajstić information content (AvgIpc) is 3.11. The van der Waals surface area contributed by atoms with Crippen LogP contribution in [0.15, 0.2) is 39.6 Å². The molecule has 152 valence electrons. The molecule has 5 aliphatic rings. The molecule has 5 nitrogen and oxygen atoms in total. The minimum atomic E-state index is -0.270. The number of ether oxygens (including phenoxy) is 2. The normalized spacial score (nSPS) is 38.1. The summed E-state index contributed by atoms with van der Waals surface area (Å²) in [4.78, 5) is 5.09. The van der Waals surface area contributed by atoms with Gasteiger partial charge < -0.3 is 14.6 Å². The van der Waals surface area contributed by atoms with Gasteiger partial charge in [-0.3, -0.25) is 10.3 Å². The first-order chi connectivity index (χ1) is 13.7. The van der Waals surface area contributed by atoms with Gasteiger partial charge in [-0.15, -0.1) is 0 Å². The summed E-state index contributed by atoms with van der Waals surface area (Å²) in [5.74, 6) is 1.41. The van der Waals surface area contributed by atoms with Crippen LogP contribution in [0.25, 0.3) is 0 Å². The van der Waals surface area contributed by atoms with E-state index in [0.717, 1.165) is 50.7 Å². The molecule has 28 heavy (non-hydrogen) atoms. The summed E-state index contributed by atoms with van der Waals surface area (Å²) in [6, 6.07) is 0. The van der Waals surface area contributed by atoms with Crippen molar-refractivity contribution in [2.24, 2.45) is 10.9 Å². The minimum Gasteiger partial charge on any atom is -0.489 e. The molecule has 0 aromatic carbocycles. The summed E-state index contributed by atoms with van der Waals surface area (Å²) >= 11 is 0. The van der Waals surface area contributed by atoms with Crippen LogP contribution in [0.4, 0.5) is 0 Å². The Morgan fingerprint density at radius 1 is 1.18 bits per heavy atom. The molecule has 5 atom stereocenters. The van der Waals surface area contributed by atoms with Gasteiger partial charge in [0.05, 0.1) is 6.10 Å². The van der Waals surface area contributed by atoms with Gasteiger partial charge in [0.2, 0.25) is 0 Å². The first-order valence-corrected chi connectivity index (χ1v) is 11.1. The number of methoxy groups -OCH3 is 1. The average molecular weight is 385 g/mol. The molecule has 0 aromatic rings. The number of allylic oxidation sites excluding steroid dienone is 3. The summed E-state index contributed by atoms with van der Waals surface area (Å²) in [7, 11) is 1.75. The van der Waals surface area contributed by atoms with Crippen LogP contribution in [0.3, 0.4) is 0 Å². The van der Waals surface area contributed by atoms with Gasteiger partial charge in [-0.1, -0.05) is 18.9 Å². The fraction of sp³-hybridized carbons (Fsp3) is 0.696. The quantitative estimate of drug-likeness (QED) is 0.778. The monoisotopic (exact) mass is 384 g/mol. The number of aliphatic hydroxyl groups is 1. The summed E-state index contributed by atoms with van der Waals surface area (Å²) in [6.45, 7) is 0. The summed E-state index contributed by atoms with van der Waals surface area (Å²) in [5, 5.41) is 14.0. The van der Waals surface area contributed by atoms with Gasteiger partial charge in [-0.25, -0.2) is 0 Å². The van der Waals surface area contributed by atoms with Gasteiger partial charge in [0.25, 0.3) is 0 Å². The van der Waals surface area contributed by atoms with Gasteiger partial charge >= 0.3 is 0 Å². The second-order valence-electron chi connectivity index (χ2n) is 8.84. The third kappa shape index (κ3) is 3.38. The lowest BCUT2D eigenvalue weighted by atomic mass is 9.83. The fourth-order valence-electron chi connectivity index (χ4n) is 5.51. The van der Waals surface area contributed by atoms with Crippen molar-refractivity contribution < 1.29 is 14.6 Å². The molecule has 5 rings (SSSR count). The number of hydrogen-bond donors (Lipinski definition) is 2. The smallest absolute Gasteiger partial charge is 0.127 e. The second kappa shape index (κ2) is 7.77. The molecule has 1 saturated carbocycles. The maximum absolute atomic E-state index is 10.5. The van der Waals surface area contributed by atoms with Crippen molar-refractivity contribution in [3.05, 3.63) is 34.6 Å². The molecule has 2 heterocycles. The van der Waals surface area contributed by atoms with Gasteiger partial charge in [0, 0.05) is 38.0 Å². The van der Waals surface area contributed by atoms with Crippen molar-refractivity contribution in [3.8, 4) is 0 Å². The standard InChI is InChI=1S/C23H32N2O3/c1-27-22-13-18(24-23(25-22)16-7-2-4-8-19(16)26)14-10-11-21-17(12-14)15-6-3-5-9-20(15)28-21/h10,12,16,19,21-23,25-26H,2-9,11,13H2,1H3. The lowest BCUT2D eigenvalue weighted by Crippen LogP contribution is -2.51. The minimum absolute atomic E-state index is 0.0482. The zero-order valence-corrected chi connectivity index (χ0v) is 16.8. The topological polar surface area (TPSA) is 63.1 Å². The Morgan fingerprint density at radius 2 is 2.04 bits per heavy atom. The van der Waals surface area contributed by atoms with Crippen LogP contribution in [-0.4, -0.2) is 42.5 Å². The molecule has 5 heteroatoms. The van der Waals surface area contributed by atoms with Gasteiger partial charge in [0.15, 0.2) is 0 Å². The molecule has 3 aliphatic carbocycles. The van der Waals surface area contributed by atoms with Crippen molar-refractivity contribution in [2.45, 2.75) is 88.8 Å². The fourth-order valence-corrected chi connectivity index (χ4v) is 5.51. The molecule has 2 N–H and O–H groups in total. The van der Waals surface area contributed by atoms with Crippen LogP contribution in [0.2, 0.25) is 0 Å². The molecule has 0 amide bonds. The van der Waals surface area contributed by atoms with E-state index >= 15 is 0 Å². The summed E-state index contributed by atoms with van der Waals surface area (Å²) in [6.07, 6.45) is 15.1. The molecule has 0 bridgehead atoms. The van der Waals surface area contributed by atoms with E-state index in [0.29, 0.717) is 0 Å². The van der Waals surface area contributed by atoms with E-state index in [1.807, 2.05) is 0 Å². The van der Waals surface area contributed by atoms with Crippen molar-refractivity contribution in [1.29, 1.82) is 0 Å². The molecule has 0 spiro atoms. The predicted octanol–water partition coefficient (Wildman–Crippen LogP) is 3.75. The lowest BCUT2D eigenvalue weighted by Gasteiger charge is -2.38. The zero-order chi connectivity index (χ0) is 19.1. The molecule has 1 fully saturated rings. The van der Waals surface area contributed by atoms with Crippen LogP contribution in [-0.2, 0) is 9.47 Å². The van der Waals surface area contributed by atoms with E-state index in [2.05, 4.69) is 17.5 Å². The first-order valence-electron chi connectivity index (χ1n) is 11.1. The first kappa shape index (κ1) is 18.6. The third-order valence-corrected chi connectivity index (χ3v) is 7.10. The van der Waals surface area contributed by atoms with Crippen molar-refractivity contribution >= 4 is 5.71 Å².